The first-order chi connectivity index (χ1) is 28.9. The van der Waals surface area contributed by atoms with E-state index in [2.05, 4.69) is 222 Å². The van der Waals surface area contributed by atoms with Crippen LogP contribution in [0.15, 0.2) is 194 Å². The van der Waals surface area contributed by atoms with Gasteiger partial charge in [0.05, 0.1) is 19.3 Å². The minimum atomic E-state index is -2.73. The summed E-state index contributed by atoms with van der Waals surface area (Å²) in [5.74, 6) is 3.16. The highest BCUT2D eigenvalue weighted by atomic mass is 31.2. The molecule has 2 nitrogen and oxygen atoms in total. The average molecular weight is 815 g/mol. The van der Waals surface area contributed by atoms with Gasteiger partial charge in [0.25, 0.3) is 0 Å². The van der Waals surface area contributed by atoms with Gasteiger partial charge in [0.2, 0.25) is 5.40 Å². The Labute approximate surface area is 355 Å². The van der Waals surface area contributed by atoms with E-state index in [1.165, 1.54) is 56.7 Å². The molecule has 0 saturated heterocycles. The fraction of sp³-hybridized carbons (Fsp3) is 0.236. The van der Waals surface area contributed by atoms with Crippen molar-refractivity contribution < 1.29 is 9.47 Å². The largest absolute Gasteiger partial charge is 0.496 e. The molecule has 0 spiro atoms. The Balaban J connectivity index is 1.62. The summed E-state index contributed by atoms with van der Waals surface area (Å²) in [6.07, 6.45) is 4.79. The van der Waals surface area contributed by atoms with E-state index in [1.54, 1.807) is 0 Å². The smallest absolute Gasteiger partial charge is 0.225 e. The maximum atomic E-state index is 6.95. The normalized spacial score (nSPS) is 12.4. The van der Waals surface area contributed by atoms with Crippen LogP contribution in [-0.4, -0.2) is 13.7 Å². The molecule has 0 radical (unpaired) electrons. The highest BCUT2D eigenvalue weighted by Gasteiger charge is 2.70. The Bertz CT molecular complexity index is 2000. The standard InChI is InChI=1S/C55H60O2P2/c1-43(2)25-24-26-44(3)39-40-57-53-42-52(54(56-5)41-45(53)4)55(58(46-27-12-6-13-28-46,47-29-14-7-15-30-47)48-31-16-8-17-32-48)59(49-33-18-9-19-34-49,50-35-20-10-21-36-50)51-37-22-11-23-38-51/h6-23,27-38,41-44,55H,24-26,39-40H2,1-5H3/q+2. The molecule has 0 amide bonds. The van der Waals surface area contributed by atoms with Crippen LogP contribution >= 0.6 is 14.5 Å². The summed E-state index contributed by atoms with van der Waals surface area (Å²) in [5, 5.41) is 7.85. The Morgan fingerprint density at radius 1 is 0.441 bits per heavy atom. The van der Waals surface area contributed by atoms with Crippen molar-refractivity contribution in [1.82, 2.24) is 0 Å². The highest BCUT2D eigenvalue weighted by molar-refractivity contribution is 8.10. The van der Waals surface area contributed by atoms with Crippen LogP contribution in [0.2, 0.25) is 0 Å². The van der Waals surface area contributed by atoms with Crippen molar-refractivity contribution in [2.45, 2.75) is 58.8 Å². The summed E-state index contributed by atoms with van der Waals surface area (Å²) >= 11 is 0. The van der Waals surface area contributed by atoms with Gasteiger partial charge in [-0.25, -0.2) is 0 Å². The highest BCUT2D eigenvalue weighted by Crippen LogP contribution is 2.85. The summed E-state index contributed by atoms with van der Waals surface area (Å²) in [6.45, 7) is 9.86. The number of benzene rings is 7. The van der Waals surface area contributed by atoms with Crippen molar-refractivity contribution in [1.29, 1.82) is 0 Å². The van der Waals surface area contributed by atoms with E-state index in [0.717, 1.165) is 29.4 Å². The van der Waals surface area contributed by atoms with Gasteiger partial charge in [-0.15, -0.1) is 0 Å². The van der Waals surface area contributed by atoms with Gasteiger partial charge < -0.3 is 9.47 Å². The molecule has 7 rings (SSSR count). The number of hydrogen-bond acceptors (Lipinski definition) is 2. The molecule has 1 atom stereocenters. The van der Waals surface area contributed by atoms with E-state index < -0.39 is 14.5 Å². The third kappa shape index (κ3) is 8.82. The average Bonchev–Trinajstić information content (AvgIpc) is 3.29. The van der Waals surface area contributed by atoms with Crippen molar-refractivity contribution in [3.05, 3.63) is 205 Å². The molecule has 0 aliphatic rings. The Kier molecular flexibility index (Phi) is 14.2. The van der Waals surface area contributed by atoms with E-state index in [9.17, 15) is 0 Å². The van der Waals surface area contributed by atoms with E-state index in [4.69, 9.17) is 9.47 Å². The summed E-state index contributed by atoms with van der Waals surface area (Å²) in [4.78, 5) is 0. The number of methoxy groups -OCH3 is 1. The fourth-order valence-electron chi connectivity index (χ4n) is 9.00. The van der Waals surface area contributed by atoms with Crippen LogP contribution in [0.5, 0.6) is 11.5 Å². The first-order valence-corrected chi connectivity index (χ1v) is 25.0. The van der Waals surface area contributed by atoms with Crippen LogP contribution in [-0.2, 0) is 0 Å². The lowest BCUT2D eigenvalue weighted by atomic mass is 9.98. The first-order valence-electron chi connectivity index (χ1n) is 21.3. The van der Waals surface area contributed by atoms with Crippen molar-refractivity contribution >= 4 is 46.4 Å². The Morgan fingerprint density at radius 3 is 1.12 bits per heavy atom. The Morgan fingerprint density at radius 2 is 0.797 bits per heavy atom. The topological polar surface area (TPSA) is 18.5 Å². The minimum absolute atomic E-state index is 0.123. The molecule has 0 aromatic heterocycles. The zero-order valence-electron chi connectivity index (χ0n) is 35.5. The molecule has 0 bridgehead atoms. The molecule has 59 heavy (non-hydrogen) atoms. The number of aryl methyl sites for hydroxylation is 1. The second-order valence-electron chi connectivity index (χ2n) is 16.3. The molecule has 0 N–H and O–H groups in total. The maximum Gasteiger partial charge on any atom is 0.225 e. The van der Waals surface area contributed by atoms with Gasteiger partial charge in [0.15, 0.2) is 14.5 Å². The minimum Gasteiger partial charge on any atom is -0.496 e. The van der Waals surface area contributed by atoms with Crippen molar-refractivity contribution in [2.24, 2.45) is 11.8 Å². The predicted molar refractivity (Wildman–Crippen MR) is 259 cm³/mol. The fourth-order valence-corrected chi connectivity index (χ4v) is 22.1. The molecule has 300 valence electrons. The number of ether oxygens (including phenoxy) is 2. The Hall–Kier alpha value is -5.00. The lowest BCUT2D eigenvalue weighted by Gasteiger charge is -2.42. The van der Waals surface area contributed by atoms with Crippen molar-refractivity contribution in [2.75, 3.05) is 13.7 Å². The van der Waals surface area contributed by atoms with Crippen LogP contribution in [0.25, 0.3) is 0 Å². The van der Waals surface area contributed by atoms with E-state index in [0.29, 0.717) is 12.5 Å². The third-order valence-corrected chi connectivity index (χ3v) is 22.6. The van der Waals surface area contributed by atoms with Gasteiger partial charge >= 0.3 is 0 Å². The molecule has 1 unspecified atom stereocenters. The van der Waals surface area contributed by atoms with Crippen LogP contribution in [0.1, 0.15) is 63.0 Å². The summed E-state index contributed by atoms with van der Waals surface area (Å²) in [6, 6.07) is 72.9. The number of hydrogen-bond donors (Lipinski definition) is 0. The predicted octanol–water partition coefficient (Wildman–Crippen LogP) is 12.2. The van der Waals surface area contributed by atoms with Gasteiger partial charge in [0.1, 0.15) is 43.3 Å². The van der Waals surface area contributed by atoms with Crippen LogP contribution in [0.3, 0.4) is 0 Å². The lowest BCUT2D eigenvalue weighted by Crippen LogP contribution is -2.43. The van der Waals surface area contributed by atoms with Gasteiger partial charge in [-0.2, -0.15) is 0 Å². The molecule has 7 aromatic carbocycles. The number of rotatable bonds is 18. The molecule has 4 heteroatoms. The lowest BCUT2D eigenvalue weighted by molar-refractivity contribution is 0.273. The van der Waals surface area contributed by atoms with Gasteiger partial charge in [-0.3, -0.25) is 0 Å². The molecule has 7 aromatic rings. The monoisotopic (exact) mass is 814 g/mol. The van der Waals surface area contributed by atoms with E-state index in [1.807, 2.05) is 7.11 Å². The SMILES string of the molecule is COc1cc(C)c(OCCC(C)CCCC(C)C)cc1C([P+](c1ccccc1)(c1ccccc1)c1ccccc1)[P+](c1ccccc1)(c1ccccc1)c1ccccc1. The molecule has 0 saturated carbocycles. The van der Waals surface area contributed by atoms with Crippen molar-refractivity contribution in [3.63, 3.8) is 0 Å². The quantitative estimate of drug-likeness (QED) is 0.0804. The first kappa shape index (κ1) is 42.1. The van der Waals surface area contributed by atoms with Crippen molar-refractivity contribution in [3.8, 4) is 11.5 Å². The van der Waals surface area contributed by atoms with Crippen LogP contribution in [0.4, 0.5) is 0 Å². The molecular formula is C55H60O2P2+2. The van der Waals surface area contributed by atoms with Gasteiger partial charge in [0, 0.05) is 0 Å². The second-order valence-corrected chi connectivity index (χ2v) is 23.7. The van der Waals surface area contributed by atoms with E-state index in [-0.39, 0.29) is 5.40 Å². The summed E-state index contributed by atoms with van der Waals surface area (Å²) in [5.41, 5.74) is 2.26. The third-order valence-electron chi connectivity index (χ3n) is 11.9. The van der Waals surface area contributed by atoms with Crippen LogP contribution < -0.4 is 41.3 Å². The molecule has 0 heterocycles. The molecule has 0 fully saturated rings. The second kappa shape index (κ2) is 19.8. The summed E-state index contributed by atoms with van der Waals surface area (Å²) < 4.78 is 13.6. The zero-order chi connectivity index (χ0) is 41.1. The molecule has 0 aliphatic heterocycles. The molecule has 0 aliphatic carbocycles. The molecular weight excluding hydrogens is 755 g/mol. The van der Waals surface area contributed by atoms with Gasteiger partial charge in [-0.1, -0.05) is 149 Å². The van der Waals surface area contributed by atoms with E-state index >= 15 is 0 Å². The van der Waals surface area contributed by atoms with Crippen LogP contribution in [0, 0.1) is 18.8 Å². The zero-order valence-corrected chi connectivity index (χ0v) is 37.2. The maximum absolute atomic E-state index is 6.95. The summed E-state index contributed by atoms with van der Waals surface area (Å²) in [7, 11) is -3.61. The van der Waals surface area contributed by atoms with Gasteiger partial charge in [-0.05, 0) is 116 Å².